The Morgan fingerprint density at radius 2 is 2.32 bits per heavy atom. The standard InChI is InChI=1S/C16H29N3O2.HI/c1-17-16(18-8-5-14-6-10-20-11-7-14)19(2)9-12-21-13-15-3-4-15;/h6,15H,3-5,7-13H2,1-2H3,(H,17,18);1H. The molecule has 2 rings (SSSR count). The molecule has 0 aromatic rings. The van der Waals surface area contributed by atoms with E-state index in [2.05, 4.69) is 28.3 Å². The van der Waals surface area contributed by atoms with Crippen LogP contribution in [-0.4, -0.2) is 64.5 Å². The molecule has 0 unspecified atom stereocenters. The smallest absolute Gasteiger partial charge is 0.193 e. The molecule has 1 N–H and O–H groups in total. The van der Waals surface area contributed by atoms with E-state index in [-0.39, 0.29) is 24.0 Å². The summed E-state index contributed by atoms with van der Waals surface area (Å²) in [6.07, 6.45) is 7.02. The van der Waals surface area contributed by atoms with Gasteiger partial charge in [-0.25, -0.2) is 0 Å². The number of halogens is 1. The lowest BCUT2D eigenvalue weighted by atomic mass is 10.1. The lowest BCUT2D eigenvalue weighted by Gasteiger charge is -2.22. The lowest BCUT2D eigenvalue weighted by Crippen LogP contribution is -2.41. The minimum atomic E-state index is 0. The largest absolute Gasteiger partial charge is 0.379 e. The van der Waals surface area contributed by atoms with Crippen LogP contribution in [0.5, 0.6) is 0 Å². The summed E-state index contributed by atoms with van der Waals surface area (Å²) in [7, 11) is 3.89. The molecule has 1 heterocycles. The van der Waals surface area contributed by atoms with Crippen molar-refractivity contribution >= 4 is 29.9 Å². The van der Waals surface area contributed by atoms with E-state index in [4.69, 9.17) is 9.47 Å². The number of likely N-dealkylation sites (N-methyl/N-ethyl adjacent to an activating group) is 1. The number of hydrogen-bond donors (Lipinski definition) is 1. The van der Waals surface area contributed by atoms with E-state index in [9.17, 15) is 0 Å². The molecule has 0 bridgehead atoms. The monoisotopic (exact) mass is 423 g/mol. The van der Waals surface area contributed by atoms with Crippen molar-refractivity contribution in [1.29, 1.82) is 0 Å². The van der Waals surface area contributed by atoms with Crippen LogP contribution in [0.3, 0.4) is 0 Å². The Balaban J connectivity index is 0.00000242. The summed E-state index contributed by atoms with van der Waals surface area (Å²) in [5.74, 6) is 1.78. The van der Waals surface area contributed by atoms with Gasteiger partial charge in [-0.05, 0) is 31.6 Å². The first-order valence-corrected chi connectivity index (χ1v) is 8.04. The predicted octanol–water partition coefficient (Wildman–Crippen LogP) is 2.27. The molecule has 0 aromatic heterocycles. The minimum absolute atomic E-state index is 0. The fourth-order valence-corrected chi connectivity index (χ4v) is 2.35. The molecule has 1 aliphatic carbocycles. The van der Waals surface area contributed by atoms with Crippen molar-refractivity contribution in [2.24, 2.45) is 10.9 Å². The van der Waals surface area contributed by atoms with Gasteiger partial charge in [-0.2, -0.15) is 0 Å². The second kappa shape index (κ2) is 11.2. The first kappa shape index (κ1) is 19.7. The Labute approximate surface area is 151 Å². The zero-order valence-corrected chi connectivity index (χ0v) is 16.2. The highest BCUT2D eigenvalue weighted by atomic mass is 127. The van der Waals surface area contributed by atoms with Gasteiger partial charge in [0.15, 0.2) is 5.96 Å². The minimum Gasteiger partial charge on any atom is -0.379 e. The van der Waals surface area contributed by atoms with Gasteiger partial charge in [-0.15, -0.1) is 24.0 Å². The fourth-order valence-electron chi connectivity index (χ4n) is 2.35. The Morgan fingerprint density at radius 1 is 1.50 bits per heavy atom. The Hall–Kier alpha value is -0.340. The molecule has 1 saturated carbocycles. The Kier molecular flexibility index (Phi) is 10.1. The van der Waals surface area contributed by atoms with Crippen LogP contribution in [0.1, 0.15) is 25.7 Å². The predicted molar refractivity (Wildman–Crippen MR) is 101 cm³/mol. The molecule has 1 fully saturated rings. The number of rotatable bonds is 8. The summed E-state index contributed by atoms with van der Waals surface area (Å²) >= 11 is 0. The van der Waals surface area contributed by atoms with Crippen LogP contribution in [0.2, 0.25) is 0 Å². The van der Waals surface area contributed by atoms with Gasteiger partial charge in [0.05, 0.1) is 19.8 Å². The van der Waals surface area contributed by atoms with Crippen LogP contribution in [0, 0.1) is 5.92 Å². The average Bonchev–Trinajstić information content (AvgIpc) is 3.33. The summed E-state index contributed by atoms with van der Waals surface area (Å²) in [6.45, 7) is 5.13. The van der Waals surface area contributed by atoms with Gasteiger partial charge in [0, 0.05) is 33.8 Å². The van der Waals surface area contributed by atoms with Crippen molar-refractivity contribution in [3.05, 3.63) is 11.6 Å². The molecule has 0 radical (unpaired) electrons. The average molecular weight is 423 g/mol. The van der Waals surface area contributed by atoms with E-state index in [0.717, 1.165) is 64.2 Å². The molecule has 0 amide bonds. The third-order valence-electron chi connectivity index (χ3n) is 3.98. The number of hydrogen-bond acceptors (Lipinski definition) is 3. The normalized spacial score (nSPS) is 18.5. The lowest BCUT2D eigenvalue weighted by molar-refractivity contribution is 0.115. The first-order chi connectivity index (χ1) is 10.3. The number of nitrogens with zero attached hydrogens (tertiary/aromatic N) is 2. The van der Waals surface area contributed by atoms with Gasteiger partial charge in [0.25, 0.3) is 0 Å². The van der Waals surface area contributed by atoms with Crippen LogP contribution >= 0.6 is 24.0 Å². The molecule has 22 heavy (non-hydrogen) atoms. The van der Waals surface area contributed by atoms with Crippen molar-refractivity contribution in [2.75, 3.05) is 53.6 Å². The maximum Gasteiger partial charge on any atom is 0.193 e. The van der Waals surface area contributed by atoms with Crippen LogP contribution < -0.4 is 5.32 Å². The molecule has 0 spiro atoms. The number of guanidine groups is 1. The van der Waals surface area contributed by atoms with Crippen molar-refractivity contribution in [2.45, 2.75) is 25.7 Å². The van der Waals surface area contributed by atoms with Gasteiger partial charge in [0.1, 0.15) is 0 Å². The van der Waals surface area contributed by atoms with Crippen molar-refractivity contribution in [1.82, 2.24) is 10.2 Å². The molecule has 5 nitrogen and oxygen atoms in total. The summed E-state index contributed by atoms with van der Waals surface area (Å²) in [5, 5.41) is 3.42. The summed E-state index contributed by atoms with van der Waals surface area (Å²) in [5.41, 5.74) is 1.49. The number of ether oxygens (including phenoxy) is 2. The molecule has 0 saturated heterocycles. The molecule has 128 valence electrons. The zero-order valence-electron chi connectivity index (χ0n) is 13.8. The zero-order chi connectivity index (χ0) is 14.9. The van der Waals surface area contributed by atoms with Crippen LogP contribution in [0.15, 0.2) is 16.6 Å². The van der Waals surface area contributed by atoms with Gasteiger partial charge in [0.2, 0.25) is 0 Å². The molecule has 0 atom stereocenters. The molecule has 6 heteroatoms. The van der Waals surface area contributed by atoms with Crippen LogP contribution in [-0.2, 0) is 9.47 Å². The SMILES string of the molecule is CN=C(NCCC1=CCOCC1)N(C)CCOCC1CC1.I. The van der Waals surface area contributed by atoms with Crippen LogP contribution in [0.4, 0.5) is 0 Å². The van der Waals surface area contributed by atoms with Crippen molar-refractivity contribution < 1.29 is 9.47 Å². The maximum absolute atomic E-state index is 5.68. The van der Waals surface area contributed by atoms with E-state index in [1.54, 1.807) is 0 Å². The van der Waals surface area contributed by atoms with E-state index in [1.807, 2.05) is 7.05 Å². The van der Waals surface area contributed by atoms with Gasteiger partial charge in [-0.1, -0.05) is 11.6 Å². The number of nitrogens with one attached hydrogen (secondary N) is 1. The molecular weight excluding hydrogens is 393 g/mol. The second-order valence-corrected chi connectivity index (χ2v) is 5.85. The third kappa shape index (κ3) is 7.78. The van der Waals surface area contributed by atoms with Crippen LogP contribution in [0.25, 0.3) is 0 Å². The topological polar surface area (TPSA) is 46.1 Å². The van der Waals surface area contributed by atoms with Gasteiger partial charge >= 0.3 is 0 Å². The molecule has 0 aromatic carbocycles. The maximum atomic E-state index is 5.68. The van der Waals surface area contributed by atoms with Gasteiger partial charge < -0.3 is 19.7 Å². The summed E-state index contributed by atoms with van der Waals surface area (Å²) in [4.78, 5) is 6.46. The Morgan fingerprint density at radius 3 is 2.95 bits per heavy atom. The molecule has 2 aliphatic rings. The first-order valence-electron chi connectivity index (χ1n) is 8.04. The van der Waals surface area contributed by atoms with E-state index < -0.39 is 0 Å². The molecule has 1 aliphatic heterocycles. The molecular formula is C16H30IN3O2. The fraction of sp³-hybridized carbons (Fsp3) is 0.812. The summed E-state index contributed by atoms with van der Waals surface area (Å²) < 4.78 is 11.0. The van der Waals surface area contributed by atoms with E-state index >= 15 is 0 Å². The Bertz CT molecular complexity index is 370. The second-order valence-electron chi connectivity index (χ2n) is 5.85. The highest BCUT2D eigenvalue weighted by Gasteiger charge is 2.21. The van der Waals surface area contributed by atoms with Crippen molar-refractivity contribution in [3.63, 3.8) is 0 Å². The van der Waals surface area contributed by atoms with Gasteiger partial charge in [-0.3, -0.25) is 4.99 Å². The van der Waals surface area contributed by atoms with E-state index in [1.165, 1.54) is 18.4 Å². The number of aliphatic imine (C=N–C) groups is 1. The quantitative estimate of drug-likeness (QED) is 0.214. The highest BCUT2D eigenvalue weighted by Crippen LogP contribution is 2.28. The third-order valence-corrected chi connectivity index (χ3v) is 3.98. The summed E-state index contributed by atoms with van der Waals surface area (Å²) in [6, 6.07) is 0. The van der Waals surface area contributed by atoms with E-state index in [0.29, 0.717) is 0 Å². The van der Waals surface area contributed by atoms with Crippen molar-refractivity contribution in [3.8, 4) is 0 Å². The highest BCUT2D eigenvalue weighted by molar-refractivity contribution is 14.0.